The van der Waals surface area contributed by atoms with Crippen molar-refractivity contribution in [3.8, 4) is 0 Å². The zero-order valence-electron chi connectivity index (χ0n) is 8.71. The average Bonchev–Trinajstić information content (AvgIpc) is 1.93. The van der Waals surface area contributed by atoms with Crippen molar-refractivity contribution in [3.63, 3.8) is 0 Å². The van der Waals surface area contributed by atoms with Crippen molar-refractivity contribution in [1.82, 2.24) is 0 Å². The van der Waals surface area contributed by atoms with E-state index in [1.54, 1.807) is 0 Å². The molecule has 0 spiro atoms. The largest absolute Gasteiger partial charge is 0.673 e. The molecule has 0 amide bonds. The van der Waals surface area contributed by atoms with Crippen molar-refractivity contribution in [2.45, 2.75) is 0 Å². The third-order valence-corrected chi connectivity index (χ3v) is 0.129. The number of rotatable bonds is 1. The molecular formula is C2H7B3F12NO-3. The second-order valence-corrected chi connectivity index (χ2v) is 2.00. The van der Waals surface area contributed by atoms with E-state index in [2.05, 4.69) is 0 Å². The van der Waals surface area contributed by atoms with Gasteiger partial charge in [-0.15, -0.1) is 0 Å². The van der Waals surface area contributed by atoms with Crippen LogP contribution in [0.1, 0.15) is 0 Å². The van der Waals surface area contributed by atoms with Gasteiger partial charge in [0.2, 0.25) is 0 Å². The van der Waals surface area contributed by atoms with E-state index in [1.807, 2.05) is 0 Å². The molecule has 0 heterocycles. The van der Waals surface area contributed by atoms with E-state index in [-0.39, 0.29) is 6.61 Å². The van der Waals surface area contributed by atoms with E-state index in [1.165, 1.54) is 0 Å². The second kappa shape index (κ2) is 12.3. The summed E-state index contributed by atoms with van der Waals surface area (Å²) in [7, 11) is -18.0. The van der Waals surface area contributed by atoms with Crippen LogP contribution >= 0.6 is 0 Å². The Morgan fingerprint density at radius 1 is 0.579 bits per heavy atom. The van der Waals surface area contributed by atoms with Gasteiger partial charge in [-0.05, 0) is 0 Å². The highest BCUT2D eigenvalue weighted by atomic mass is 19.5. The monoisotopic (exact) mass is 322 g/mol. The Balaban J connectivity index is -0.0000000793. The van der Waals surface area contributed by atoms with Gasteiger partial charge in [0.15, 0.2) is 0 Å². The number of hydrogen-bond acceptors (Lipinski definition) is 2. The first-order valence-electron chi connectivity index (χ1n) is 3.84. The Hall–Kier alpha value is -0.725. The molecule has 19 heavy (non-hydrogen) atoms. The predicted molar refractivity (Wildman–Crippen MR) is 46.7 cm³/mol. The van der Waals surface area contributed by atoms with Crippen LogP contribution in [0.5, 0.6) is 0 Å². The van der Waals surface area contributed by atoms with Gasteiger partial charge in [0.1, 0.15) is 0 Å². The molecule has 0 radical (unpaired) electrons. The molecule has 0 aromatic heterocycles. The first-order chi connectivity index (χ1) is 7.91. The van der Waals surface area contributed by atoms with Gasteiger partial charge in [0.05, 0.1) is 6.61 Å². The maximum atomic E-state index is 9.75. The molecular weight excluding hydrogens is 314 g/mol. The highest BCUT2D eigenvalue weighted by Gasteiger charge is 2.21. The Bertz CT molecular complexity index is 127. The molecule has 0 saturated carbocycles. The molecule has 0 aliphatic heterocycles. The minimum absolute atomic E-state index is 0.0972. The lowest BCUT2D eigenvalue weighted by Gasteiger charge is -1.94. The molecule has 0 aromatic carbocycles. The third-order valence-electron chi connectivity index (χ3n) is 0.129. The van der Waals surface area contributed by atoms with Gasteiger partial charge in [-0.2, -0.15) is 0 Å². The molecule has 0 aliphatic rings. The summed E-state index contributed by atoms with van der Waals surface area (Å²) in [5.74, 6) is 0. The van der Waals surface area contributed by atoms with Crippen molar-refractivity contribution in [2.24, 2.45) is 5.73 Å². The highest BCUT2D eigenvalue weighted by molar-refractivity contribution is 6.50. The van der Waals surface area contributed by atoms with Gasteiger partial charge in [-0.25, -0.2) is 0 Å². The molecule has 0 rings (SSSR count). The summed E-state index contributed by atoms with van der Waals surface area (Å²) >= 11 is 0. The van der Waals surface area contributed by atoms with Gasteiger partial charge >= 0.3 is 21.8 Å². The van der Waals surface area contributed by atoms with E-state index in [0.29, 0.717) is 6.54 Å². The van der Waals surface area contributed by atoms with E-state index < -0.39 is 21.8 Å². The summed E-state index contributed by atoms with van der Waals surface area (Å²) in [5, 5.41) is 7.75. The zero-order valence-corrected chi connectivity index (χ0v) is 8.71. The smallest absolute Gasteiger partial charge is 0.418 e. The SMILES string of the molecule is F[B-](F)(F)F.F[B-](F)(F)F.F[B-](F)(F)F.NCCO. The number of hydrogen-bond donors (Lipinski definition) is 2. The Morgan fingerprint density at radius 2 is 0.632 bits per heavy atom. The third kappa shape index (κ3) is 53400. The minimum atomic E-state index is -6.00. The van der Waals surface area contributed by atoms with Crippen LogP contribution in [0.3, 0.4) is 0 Å². The van der Waals surface area contributed by atoms with Crippen molar-refractivity contribution >= 4 is 21.8 Å². The Morgan fingerprint density at radius 3 is 0.632 bits per heavy atom. The minimum Gasteiger partial charge on any atom is -0.418 e. The van der Waals surface area contributed by atoms with Crippen LogP contribution in [0.4, 0.5) is 51.8 Å². The van der Waals surface area contributed by atoms with Crippen molar-refractivity contribution in [2.75, 3.05) is 13.2 Å². The molecule has 0 bridgehead atoms. The lowest BCUT2D eigenvalue weighted by atomic mass is 10.3. The fourth-order valence-corrected chi connectivity index (χ4v) is 0. The van der Waals surface area contributed by atoms with Crippen LogP contribution in [0.25, 0.3) is 0 Å². The van der Waals surface area contributed by atoms with Gasteiger partial charge in [-0.1, -0.05) is 0 Å². The van der Waals surface area contributed by atoms with Crippen molar-refractivity contribution in [3.05, 3.63) is 0 Å². The first-order valence-corrected chi connectivity index (χ1v) is 3.84. The van der Waals surface area contributed by atoms with Crippen LogP contribution in [-0.4, -0.2) is 40.0 Å². The number of aliphatic hydroxyl groups is 1. The maximum Gasteiger partial charge on any atom is 0.673 e. The quantitative estimate of drug-likeness (QED) is 0.576. The van der Waals surface area contributed by atoms with Crippen molar-refractivity contribution < 1.29 is 56.9 Å². The van der Waals surface area contributed by atoms with Crippen LogP contribution in [0.15, 0.2) is 0 Å². The van der Waals surface area contributed by atoms with Crippen LogP contribution < -0.4 is 5.73 Å². The standard InChI is InChI=1S/C2H7NO.3BF4/c3-1-2-4;3*2-1(3,4)5/h4H,1-3H2;;;/q;3*-1. The number of nitrogens with two attached hydrogens (primary N) is 1. The predicted octanol–water partition coefficient (Wildman–Crippen LogP) is 2.84. The van der Waals surface area contributed by atoms with Gasteiger partial charge < -0.3 is 62.6 Å². The highest BCUT2D eigenvalue weighted by Crippen LogP contribution is 2.07. The Kier molecular flexibility index (Phi) is 17.3. The van der Waals surface area contributed by atoms with Crippen LogP contribution in [0, 0.1) is 0 Å². The van der Waals surface area contributed by atoms with E-state index in [0.717, 1.165) is 0 Å². The number of aliphatic hydroxyl groups excluding tert-OH is 1. The number of halogens is 12. The fraction of sp³-hybridized carbons (Fsp3) is 1.00. The zero-order chi connectivity index (χ0) is 16.9. The second-order valence-electron chi connectivity index (χ2n) is 2.00. The molecule has 122 valence electrons. The summed E-state index contributed by atoms with van der Waals surface area (Å²) in [6.45, 7) is 0.472. The van der Waals surface area contributed by atoms with E-state index in [9.17, 15) is 51.8 Å². The van der Waals surface area contributed by atoms with Gasteiger partial charge in [0.25, 0.3) is 0 Å². The first kappa shape index (κ1) is 26.8. The summed E-state index contributed by atoms with van der Waals surface area (Å²) in [6, 6.07) is 0. The van der Waals surface area contributed by atoms with Gasteiger partial charge in [-0.3, -0.25) is 0 Å². The van der Waals surface area contributed by atoms with Crippen LogP contribution in [-0.2, 0) is 0 Å². The normalized spacial score (nSPS) is 11.1. The van der Waals surface area contributed by atoms with Gasteiger partial charge in [0, 0.05) is 6.54 Å². The molecule has 0 fully saturated rings. The molecule has 0 aliphatic carbocycles. The summed E-state index contributed by atoms with van der Waals surface area (Å²) in [5.41, 5.74) is 4.78. The molecule has 2 nitrogen and oxygen atoms in total. The fourth-order valence-electron chi connectivity index (χ4n) is 0. The lowest BCUT2D eigenvalue weighted by molar-refractivity contribution is 0.306. The van der Waals surface area contributed by atoms with Crippen molar-refractivity contribution in [1.29, 1.82) is 0 Å². The summed E-state index contributed by atoms with van der Waals surface area (Å²) < 4.78 is 117. The topological polar surface area (TPSA) is 46.2 Å². The lowest BCUT2D eigenvalue weighted by Crippen LogP contribution is -2.02. The molecule has 17 heteroatoms. The average molecular weight is 321 g/mol. The molecule has 0 aromatic rings. The summed E-state index contributed by atoms with van der Waals surface area (Å²) in [4.78, 5) is 0. The van der Waals surface area contributed by atoms with E-state index >= 15 is 0 Å². The summed E-state index contributed by atoms with van der Waals surface area (Å²) in [6.07, 6.45) is 0. The molecule has 3 N–H and O–H groups in total. The Labute approximate surface area is 98.8 Å². The molecule has 0 atom stereocenters. The molecule has 0 unspecified atom stereocenters. The molecule has 0 saturated heterocycles. The maximum absolute atomic E-state index is 9.75. The van der Waals surface area contributed by atoms with Crippen LogP contribution in [0.2, 0.25) is 0 Å². The van der Waals surface area contributed by atoms with E-state index in [4.69, 9.17) is 10.8 Å².